The minimum absolute atomic E-state index is 0.00460. The SMILES string of the molecule is COc1cc(C)[nH]c(=O)c1CNC(=O)c1c(C)n(C(C)C2CCN(C)C(C(F)(F)F)C2)c2ccccc12. The van der Waals surface area contributed by atoms with Crippen molar-refractivity contribution in [2.75, 3.05) is 20.7 Å². The van der Waals surface area contributed by atoms with Crippen molar-refractivity contribution in [1.29, 1.82) is 0 Å². The molecular formula is C27H33F3N4O3. The highest BCUT2D eigenvalue weighted by Crippen LogP contribution is 2.40. The Bertz CT molecular complexity index is 1360. The Kier molecular flexibility index (Phi) is 7.41. The van der Waals surface area contributed by atoms with E-state index in [-0.39, 0.29) is 36.4 Å². The number of hydrogen-bond acceptors (Lipinski definition) is 4. The first-order valence-corrected chi connectivity index (χ1v) is 12.4. The maximum absolute atomic E-state index is 13.7. The van der Waals surface area contributed by atoms with Crippen molar-refractivity contribution in [2.24, 2.45) is 5.92 Å². The van der Waals surface area contributed by atoms with Gasteiger partial charge in [0.05, 0.1) is 24.8 Å². The van der Waals surface area contributed by atoms with Gasteiger partial charge in [0.15, 0.2) is 0 Å². The van der Waals surface area contributed by atoms with Crippen molar-refractivity contribution in [3.63, 3.8) is 0 Å². The molecule has 1 aromatic carbocycles. The zero-order valence-electron chi connectivity index (χ0n) is 21.7. The van der Waals surface area contributed by atoms with E-state index in [0.717, 1.165) is 10.9 Å². The molecule has 7 nitrogen and oxygen atoms in total. The Balaban J connectivity index is 1.66. The average molecular weight is 519 g/mol. The number of carbonyl (C=O) groups is 1. The molecule has 0 spiro atoms. The minimum atomic E-state index is -4.29. The fraction of sp³-hybridized carbons (Fsp3) is 0.481. The number of nitrogens with one attached hydrogen (secondary N) is 2. The van der Waals surface area contributed by atoms with Gasteiger partial charge in [0.1, 0.15) is 11.8 Å². The van der Waals surface area contributed by atoms with Gasteiger partial charge < -0.3 is 19.6 Å². The molecule has 3 aromatic rings. The van der Waals surface area contributed by atoms with Crippen molar-refractivity contribution >= 4 is 16.8 Å². The topological polar surface area (TPSA) is 79.4 Å². The van der Waals surface area contributed by atoms with Crippen molar-refractivity contribution in [3.05, 3.63) is 63.2 Å². The molecule has 1 fully saturated rings. The lowest BCUT2D eigenvalue weighted by atomic mass is 9.85. The third-order valence-corrected chi connectivity index (χ3v) is 7.64. The van der Waals surface area contributed by atoms with Gasteiger partial charge in [-0.25, -0.2) is 0 Å². The summed E-state index contributed by atoms with van der Waals surface area (Å²) in [5.74, 6) is -0.183. The molecule has 4 rings (SSSR count). The van der Waals surface area contributed by atoms with E-state index in [1.165, 1.54) is 19.1 Å². The Labute approximate surface area is 213 Å². The van der Waals surface area contributed by atoms with Crippen LogP contribution in [0.15, 0.2) is 35.1 Å². The highest BCUT2D eigenvalue weighted by atomic mass is 19.4. The van der Waals surface area contributed by atoms with E-state index in [2.05, 4.69) is 10.3 Å². The van der Waals surface area contributed by atoms with Gasteiger partial charge in [-0.15, -0.1) is 0 Å². The number of aromatic nitrogens is 2. The van der Waals surface area contributed by atoms with Gasteiger partial charge in [-0.3, -0.25) is 14.5 Å². The Morgan fingerprint density at radius 1 is 1.27 bits per heavy atom. The maximum Gasteiger partial charge on any atom is 0.404 e. The van der Waals surface area contributed by atoms with Gasteiger partial charge in [0.2, 0.25) is 0 Å². The highest BCUT2D eigenvalue weighted by molar-refractivity contribution is 6.08. The summed E-state index contributed by atoms with van der Waals surface area (Å²) in [5.41, 5.74) is 2.54. The number of rotatable bonds is 6. The molecule has 1 aliphatic heterocycles. The van der Waals surface area contributed by atoms with E-state index in [0.29, 0.717) is 41.2 Å². The van der Waals surface area contributed by atoms with Gasteiger partial charge in [-0.2, -0.15) is 13.2 Å². The number of likely N-dealkylation sites (tertiary alicyclic amines) is 1. The summed E-state index contributed by atoms with van der Waals surface area (Å²) in [6.45, 7) is 5.82. The summed E-state index contributed by atoms with van der Waals surface area (Å²) >= 11 is 0. The number of hydrogen-bond donors (Lipinski definition) is 2. The number of amides is 1. The lowest BCUT2D eigenvalue weighted by Crippen LogP contribution is -2.49. The largest absolute Gasteiger partial charge is 0.496 e. The second kappa shape index (κ2) is 10.2. The second-order valence-electron chi connectivity index (χ2n) is 9.92. The first-order valence-electron chi connectivity index (χ1n) is 12.4. The number of methoxy groups -OCH3 is 1. The zero-order chi connectivity index (χ0) is 27.1. The molecule has 2 N–H and O–H groups in total. The molecule has 2 aromatic heterocycles. The summed E-state index contributed by atoms with van der Waals surface area (Å²) < 4.78 is 48.3. The van der Waals surface area contributed by atoms with Crippen molar-refractivity contribution in [1.82, 2.24) is 19.8 Å². The van der Waals surface area contributed by atoms with Crippen LogP contribution < -0.4 is 15.6 Å². The van der Waals surface area contributed by atoms with Crippen LogP contribution in [0, 0.1) is 19.8 Å². The van der Waals surface area contributed by atoms with E-state index in [4.69, 9.17) is 4.74 Å². The van der Waals surface area contributed by atoms with Gasteiger partial charge in [0, 0.05) is 28.3 Å². The van der Waals surface area contributed by atoms with E-state index in [9.17, 15) is 22.8 Å². The molecular weight excluding hydrogens is 485 g/mol. The fourth-order valence-electron chi connectivity index (χ4n) is 5.64. The number of carbonyl (C=O) groups excluding carboxylic acids is 1. The van der Waals surface area contributed by atoms with Crippen LogP contribution in [0.25, 0.3) is 10.9 Å². The summed E-state index contributed by atoms with van der Waals surface area (Å²) in [4.78, 5) is 30.0. The van der Waals surface area contributed by atoms with Gasteiger partial charge >= 0.3 is 6.18 Å². The minimum Gasteiger partial charge on any atom is -0.496 e. The third kappa shape index (κ3) is 5.12. The Hall–Kier alpha value is -3.27. The molecule has 3 atom stereocenters. The standard InChI is InChI=1S/C27H33F3N4O3/c1-15-12-22(37-5)20(25(35)32-15)14-31-26(36)24-17(3)34(21-9-7-6-8-19(21)24)16(2)18-10-11-33(4)23(13-18)27(28,29)30/h6-9,12,16,18,23H,10-11,13-14H2,1-5H3,(H,31,36)(H,32,35). The van der Waals surface area contributed by atoms with Crippen LogP contribution >= 0.6 is 0 Å². The number of para-hydroxylation sites is 1. The molecule has 1 amide bonds. The average Bonchev–Trinajstić information content (AvgIpc) is 3.13. The second-order valence-corrected chi connectivity index (χ2v) is 9.92. The number of ether oxygens (including phenoxy) is 1. The van der Waals surface area contributed by atoms with Crippen LogP contribution in [-0.2, 0) is 6.54 Å². The van der Waals surface area contributed by atoms with Crippen LogP contribution in [0.1, 0.15) is 53.1 Å². The lowest BCUT2D eigenvalue weighted by Gasteiger charge is -2.40. The number of aryl methyl sites for hydroxylation is 1. The number of alkyl halides is 3. The summed E-state index contributed by atoms with van der Waals surface area (Å²) in [5, 5.41) is 3.56. The first-order chi connectivity index (χ1) is 17.4. The van der Waals surface area contributed by atoms with Crippen LogP contribution in [0.2, 0.25) is 0 Å². The smallest absolute Gasteiger partial charge is 0.404 e. The number of H-pyrrole nitrogens is 1. The van der Waals surface area contributed by atoms with Crippen molar-refractivity contribution < 1.29 is 22.7 Å². The predicted molar refractivity (Wildman–Crippen MR) is 136 cm³/mol. The molecule has 0 saturated carbocycles. The molecule has 200 valence electrons. The van der Waals surface area contributed by atoms with Crippen molar-refractivity contribution in [3.8, 4) is 5.75 Å². The third-order valence-electron chi connectivity index (χ3n) is 7.64. The summed E-state index contributed by atoms with van der Waals surface area (Å²) in [6, 6.07) is 7.38. The molecule has 37 heavy (non-hydrogen) atoms. The number of fused-ring (bicyclic) bond motifs is 1. The number of aromatic amines is 1. The zero-order valence-corrected chi connectivity index (χ0v) is 21.7. The quantitative estimate of drug-likeness (QED) is 0.495. The Morgan fingerprint density at radius 2 is 1.97 bits per heavy atom. The molecule has 0 bridgehead atoms. The monoisotopic (exact) mass is 518 g/mol. The van der Waals surface area contributed by atoms with E-state index in [1.54, 1.807) is 13.0 Å². The van der Waals surface area contributed by atoms with Crippen LogP contribution in [0.4, 0.5) is 13.2 Å². The number of nitrogens with zero attached hydrogens (tertiary/aromatic N) is 2. The maximum atomic E-state index is 13.7. The summed E-state index contributed by atoms with van der Waals surface area (Å²) in [6.07, 6.45) is -3.65. The molecule has 1 saturated heterocycles. The van der Waals surface area contributed by atoms with Gasteiger partial charge in [0.25, 0.3) is 11.5 Å². The Morgan fingerprint density at radius 3 is 2.65 bits per heavy atom. The normalized spacial score (nSPS) is 19.7. The molecule has 3 heterocycles. The molecule has 10 heteroatoms. The first kappa shape index (κ1) is 26.8. The number of halogens is 3. The highest BCUT2D eigenvalue weighted by Gasteiger charge is 2.46. The number of pyridine rings is 1. The lowest BCUT2D eigenvalue weighted by molar-refractivity contribution is -0.192. The van der Waals surface area contributed by atoms with Gasteiger partial charge in [-0.1, -0.05) is 18.2 Å². The molecule has 1 aliphatic rings. The molecule has 3 unspecified atom stereocenters. The van der Waals surface area contributed by atoms with Crippen LogP contribution in [-0.4, -0.2) is 53.3 Å². The predicted octanol–water partition coefficient (Wildman–Crippen LogP) is 4.72. The fourth-order valence-corrected chi connectivity index (χ4v) is 5.64. The number of benzene rings is 1. The van der Waals surface area contributed by atoms with E-state index >= 15 is 0 Å². The molecule has 0 radical (unpaired) electrons. The van der Waals surface area contributed by atoms with Crippen LogP contribution in [0.3, 0.4) is 0 Å². The van der Waals surface area contributed by atoms with E-state index in [1.807, 2.05) is 42.7 Å². The van der Waals surface area contributed by atoms with Crippen molar-refractivity contribution in [2.45, 2.75) is 58.4 Å². The van der Waals surface area contributed by atoms with E-state index < -0.39 is 12.2 Å². The van der Waals surface area contributed by atoms with Gasteiger partial charge in [-0.05, 0) is 65.3 Å². The molecule has 0 aliphatic carbocycles. The number of piperidine rings is 1. The summed E-state index contributed by atoms with van der Waals surface area (Å²) in [7, 11) is 2.98. The van der Waals surface area contributed by atoms with Crippen LogP contribution in [0.5, 0.6) is 5.75 Å².